The standard InChI is InChI=1S/C17H26O5/c1-12-6-13(2)17(14(3)7-12)22-9-15(18)8-19-4-5-20-10-16-11-21-16/h6-7,15-16,18H,4-5,8-11H2,1-3H3. The second-order valence-electron chi connectivity index (χ2n) is 5.80. The zero-order chi connectivity index (χ0) is 15.9. The molecular weight excluding hydrogens is 284 g/mol. The maximum Gasteiger partial charge on any atom is 0.125 e. The maximum atomic E-state index is 9.89. The Balaban J connectivity index is 1.59. The summed E-state index contributed by atoms with van der Waals surface area (Å²) >= 11 is 0. The Hall–Kier alpha value is -1.14. The van der Waals surface area contributed by atoms with Crippen LogP contribution in [0.4, 0.5) is 0 Å². The fraction of sp³-hybridized carbons (Fsp3) is 0.647. The molecule has 0 bridgehead atoms. The highest BCUT2D eigenvalue weighted by atomic mass is 16.6. The lowest BCUT2D eigenvalue weighted by Crippen LogP contribution is -2.25. The Morgan fingerprint density at radius 3 is 2.41 bits per heavy atom. The van der Waals surface area contributed by atoms with Gasteiger partial charge in [0.15, 0.2) is 0 Å². The van der Waals surface area contributed by atoms with Crippen molar-refractivity contribution in [2.45, 2.75) is 33.0 Å². The van der Waals surface area contributed by atoms with Gasteiger partial charge in [-0.05, 0) is 31.9 Å². The van der Waals surface area contributed by atoms with Crippen molar-refractivity contribution in [1.29, 1.82) is 0 Å². The van der Waals surface area contributed by atoms with Crippen molar-refractivity contribution in [3.63, 3.8) is 0 Å². The molecule has 5 heteroatoms. The van der Waals surface area contributed by atoms with Gasteiger partial charge in [0.2, 0.25) is 0 Å². The molecule has 0 radical (unpaired) electrons. The minimum Gasteiger partial charge on any atom is -0.490 e. The third-order valence-electron chi connectivity index (χ3n) is 3.41. The van der Waals surface area contributed by atoms with E-state index < -0.39 is 6.10 Å². The van der Waals surface area contributed by atoms with Crippen LogP contribution < -0.4 is 4.74 Å². The normalized spacial score (nSPS) is 18.3. The summed E-state index contributed by atoms with van der Waals surface area (Å²) in [5.41, 5.74) is 3.38. The Kier molecular flexibility index (Phi) is 6.64. The molecule has 2 unspecified atom stereocenters. The molecule has 0 saturated carbocycles. The molecule has 2 rings (SSSR count). The van der Waals surface area contributed by atoms with E-state index >= 15 is 0 Å². The first kappa shape index (κ1) is 17.2. The molecule has 22 heavy (non-hydrogen) atoms. The van der Waals surface area contributed by atoms with Crippen LogP contribution in [-0.2, 0) is 14.2 Å². The molecule has 1 aromatic carbocycles. The lowest BCUT2D eigenvalue weighted by atomic mass is 10.1. The number of rotatable bonds is 10. The predicted octanol–water partition coefficient (Wildman–Crippen LogP) is 1.78. The summed E-state index contributed by atoms with van der Waals surface area (Å²) in [6, 6.07) is 4.15. The van der Waals surface area contributed by atoms with E-state index in [2.05, 4.69) is 19.1 Å². The molecule has 124 valence electrons. The number of aliphatic hydroxyl groups is 1. The molecule has 0 spiro atoms. The topological polar surface area (TPSA) is 60.5 Å². The molecule has 1 saturated heterocycles. The van der Waals surface area contributed by atoms with Crippen LogP contribution in [0.2, 0.25) is 0 Å². The summed E-state index contributed by atoms with van der Waals surface area (Å²) < 4.78 is 21.5. The van der Waals surface area contributed by atoms with Crippen LogP contribution in [0.15, 0.2) is 12.1 Å². The van der Waals surface area contributed by atoms with Crippen molar-refractivity contribution in [1.82, 2.24) is 0 Å². The molecule has 1 aliphatic rings. The molecule has 1 aliphatic heterocycles. The van der Waals surface area contributed by atoms with E-state index in [1.54, 1.807) is 0 Å². The Labute approximate surface area is 132 Å². The molecule has 0 amide bonds. The number of ether oxygens (including phenoxy) is 4. The van der Waals surface area contributed by atoms with Gasteiger partial charge < -0.3 is 24.1 Å². The van der Waals surface area contributed by atoms with Crippen LogP contribution in [0.3, 0.4) is 0 Å². The number of benzene rings is 1. The first-order valence-corrected chi connectivity index (χ1v) is 7.72. The van der Waals surface area contributed by atoms with E-state index in [-0.39, 0.29) is 19.3 Å². The number of hydrogen-bond acceptors (Lipinski definition) is 5. The van der Waals surface area contributed by atoms with Gasteiger partial charge in [0.1, 0.15) is 24.6 Å². The zero-order valence-electron chi connectivity index (χ0n) is 13.6. The van der Waals surface area contributed by atoms with Crippen LogP contribution in [-0.4, -0.2) is 57.0 Å². The number of aryl methyl sites for hydroxylation is 3. The van der Waals surface area contributed by atoms with Gasteiger partial charge in [0.05, 0.1) is 33.0 Å². The molecule has 1 aromatic rings. The third kappa shape index (κ3) is 5.93. The van der Waals surface area contributed by atoms with Gasteiger partial charge in [-0.2, -0.15) is 0 Å². The van der Waals surface area contributed by atoms with Gasteiger partial charge in [-0.3, -0.25) is 0 Å². The number of hydrogen-bond donors (Lipinski definition) is 1. The van der Waals surface area contributed by atoms with Gasteiger partial charge >= 0.3 is 0 Å². The van der Waals surface area contributed by atoms with Crippen molar-refractivity contribution in [2.75, 3.05) is 39.6 Å². The summed E-state index contributed by atoms with van der Waals surface area (Å²) in [6.45, 7) is 8.96. The summed E-state index contributed by atoms with van der Waals surface area (Å²) in [6.07, 6.45) is -0.369. The summed E-state index contributed by atoms with van der Waals surface area (Å²) in [5, 5.41) is 9.89. The lowest BCUT2D eigenvalue weighted by Gasteiger charge is -2.16. The second kappa shape index (κ2) is 8.48. The zero-order valence-corrected chi connectivity index (χ0v) is 13.6. The van der Waals surface area contributed by atoms with E-state index in [4.69, 9.17) is 18.9 Å². The fourth-order valence-electron chi connectivity index (χ4n) is 2.34. The number of aliphatic hydroxyl groups excluding tert-OH is 1. The molecule has 1 heterocycles. The second-order valence-corrected chi connectivity index (χ2v) is 5.80. The minimum absolute atomic E-state index is 0.224. The summed E-state index contributed by atoms with van der Waals surface area (Å²) in [7, 11) is 0. The van der Waals surface area contributed by atoms with E-state index in [1.807, 2.05) is 13.8 Å². The highest BCUT2D eigenvalue weighted by molar-refractivity contribution is 5.42. The summed E-state index contributed by atoms with van der Waals surface area (Å²) in [5.74, 6) is 0.845. The van der Waals surface area contributed by atoms with Crippen LogP contribution in [0.5, 0.6) is 5.75 Å². The molecule has 0 aromatic heterocycles. The molecule has 1 N–H and O–H groups in total. The van der Waals surface area contributed by atoms with Crippen molar-refractivity contribution in [3.8, 4) is 5.75 Å². The molecule has 5 nitrogen and oxygen atoms in total. The Morgan fingerprint density at radius 1 is 1.14 bits per heavy atom. The van der Waals surface area contributed by atoms with E-state index in [0.29, 0.717) is 19.8 Å². The molecule has 0 aliphatic carbocycles. The van der Waals surface area contributed by atoms with Gasteiger partial charge in [0, 0.05) is 0 Å². The highest BCUT2D eigenvalue weighted by Gasteiger charge is 2.22. The third-order valence-corrected chi connectivity index (χ3v) is 3.41. The van der Waals surface area contributed by atoms with Gasteiger partial charge in [-0.1, -0.05) is 17.7 Å². The van der Waals surface area contributed by atoms with E-state index in [0.717, 1.165) is 23.5 Å². The largest absolute Gasteiger partial charge is 0.490 e. The monoisotopic (exact) mass is 310 g/mol. The first-order valence-electron chi connectivity index (χ1n) is 7.72. The smallest absolute Gasteiger partial charge is 0.125 e. The quantitative estimate of drug-likeness (QED) is 0.527. The lowest BCUT2D eigenvalue weighted by molar-refractivity contribution is -0.0125. The highest BCUT2D eigenvalue weighted by Crippen LogP contribution is 2.24. The average Bonchev–Trinajstić information content (AvgIpc) is 3.25. The summed E-state index contributed by atoms with van der Waals surface area (Å²) in [4.78, 5) is 0. The van der Waals surface area contributed by atoms with Gasteiger partial charge in [0.25, 0.3) is 0 Å². The van der Waals surface area contributed by atoms with Crippen LogP contribution >= 0.6 is 0 Å². The molecular formula is C17H26O5. The molecule has 1 fully saturated rings. The van der Waals surface area contributed by atoms with Crippen molar-refractivity contribution in [3.05, 3.63) is 28.8 Å². The minimum atomic E-state index is -0.646. The van der Waals surface area contributed by atoms with Gasteiger partial charge in [-0.25, -0.2) is 0 Å². The van der Waals surface area contributed by atoms with Crippen LogP contribution in [0, 0.1) is 20.8 Å². The average molecular weight is 310 g/mol. The molecule has 2 atom stereocenters. The van der Waals surface area contributed by atoms with E-state index in [9.17, 15) is 5.11 Å². The first-order chi connectivity index (χ1) is 10.6. The van der Waals surface area contributed by atoms with Crippen LogP contribution in [0.1, 0.15) is 16.7 Å². The van der Waals surface area contributed by atoms with Crippen molar-refractivity contribution >= 4 is 0 Å². The van der Waals surface area contributed by atoms with Gasteiger partial charge in [-0.15, -0.1) is 0 Å². The SMILES string of the molecule is Cc1cc(C)c(OCC(O)COCCOCC2CO2)c(C)c1. The van der Waals surface area contributed by atoms with Crippen LogP contribution in [0.25, 0.3) is 0 Å². The Bertz CT molecular complexity index is 447. The van der Waals surface area contributed by atoms with Crippen molar-refractivity contribution in [2.24, 2.45) is 0 Å². The predicted molar refractivity (Wildman–Crippen MR) is 83.5 cm³/mol. The maximum absolute atomic E-state index is 9.89. The Morgan fingerprint density at radius 2 is 1.77 bits per heavy atom. The number of epoxide rings is 1. The fourth-order valence-corrected chi connectivity index (χ4v) is 2.34. The van der Waals surface area contributed by atoms with Crippen molar-refractivity contribution < 1.29 is 24.1 Å². The van der Waals surface area contributed by atoms with E-state index in [1.165, 1.54) is 5.56 Å².